The molecule has 7 nitrogen and oxygen atoms in total. The Hall–Kier alpha value is -2.66. The molecule has 3 N–H and O–H groups in total. The second-order valence-electron chi connectivity index (χ2n) is 6.14. The topological polar surface area (TPSA) is 107 Å². The number of thiol groups is 1. The molecule has 0 aliphatic heterocycles. The van der Waals surface area contributed by atoms with Gasteiger partial charge in [0, 0.05) is 36.7 Å². The number of carbonyl (C=O) groups excluding carboxylic acids is 1. The Morgan fingerprint density at radius 1 is 1.43 bits per heavy atom. The number of hydrogen-bond donors (Lipinski definition) is 3. The Balaban J connectivity index is 2.38. The first-order valence-corrected chi connectivity index (χ1v) is 9.26. The van der Waals surface area contributed by atoms with Gasteiger partial charge in [0.15, 0.2) is 10.7 Å². The molecule has 0 unspecified atom stereocenters. The highest BCUT2D eigenvalue weighted by atomic mass is 32.2. The number of carbonyl (C=O) groups is 1. The molecule has 0 saturated heterocycles. The average Bonchev–Trinajstić information content (AvgIpc) is 2.88. The molecule has 2 aromatic heterocycles. The van der Waals surface area contributed by atoms with E-state index in [1.165, 1.54) is 36.0 Å². The Kier molecular flexibility index (Phi) is 6.62. The lowest BCUT2D eigenvalue weighted by Crippen LogP contribution is -2.18. The number of pyridine rings is 1. The van der Waals surface area contributed by atoms with Crippen LogP contribution in [0.1, 0.15) is 28.7 Å². The maximum Gasteiger partial charge on any atom is 0.394 e. The Bertz CT molecular complexity index is 971. The standard InChI is InChI=1S/C17H19F3N4O3S/c1-10(21)3-4-13-14(28(26)27)9-24(2)15(13)16(25)23-11-5-6-22-12(7-11)8-17(18,19)20/h3-7,9-10,28H,8,21H2,1-2H3,(H,22,23,25)/b4-3-/t10-/m0/s1. The van der Waals surface area contributed by atoms with E-state index in [1.807, 2.05) is 0 Å². The number of alkyl halides is 3. The summed E-state index contributed by atoms with van der Waals surface area (Å²) >= 11 is 0. The predicted octanol–water partition coefficient (Wildman–Crippen LogP) is 2.11. The molecule has 11 heteroatoms. The minimum atomic E-state index is -4.43. The van der Waals surface area contributed by atoms with Gasteiger partial charge in [-0.15, -0.1) is 0 Å². The Labute approximate surface area is 161 Å². The third kappa shape index (κ3) is 5.67. The van der Waals surface area contributed by atoms with Crippen LogP contribution in [0.2, 0.25) is 0 Å². The van der Waals surface area contributed by atoms with Gasteiger partial charge in [-0.3, -0.25) is 9.78 Å². The first-order valence-electron chi connectivity index (χ1n) is 8.08. The van der Waals surface area contributed by atoms with Gasteiger partial charge in [0.25, 0.3) is 5.91 Å². The highest BCUT2D eigenvalue weighted by Crippen LogP contribution is 2.24. The number of nitrogens with zero attached hydrogens (tertiary/aromatic N) is 2. The summed E-state index contributed by atoms with van der Waals surface area (Å²) in [4.78, 5) is 16.3. The van der Waals surface area contributed by atoms with Crippen LogP contribution in [0.15, 0.2) is 35.5 Å². The zero-order valence-electron chi connectivity index (χ0n) is 15.0. The summed E-state index contributed by atoms with van der Waals surface area (Å²) in [6, 6.07) is 2.08. The van der Waals surface area contributed by atoms with Crippen molar-refractivity contribution in [2.75, 3.05) is 5.32 Å². The third-order valence-corrected chi connectivity index (χ3v) is 4.38. The van der Waals surface area contributed by atoms with Crippen LogP contribution in [-0.4, -0.2) is 36.1 Å². The predicted molar refractivity (Wildman–Crippen MR) is 98.6 cm³/mol. The molecule has 0 bridgehead atoms. The van der Waals surface area contributed by atoms with Crippen molar-refractivity contribution in [3.8, 4) is 0 Å². The molecule has 0 fully saturated rings. The van der Waals surface area contributed by atoms with Gasteiger partial charge < -0.3 is 15.6 Å². The van der Waals surface area contributed by atoms with Gasteiger partial charge in [-0.25, -0.2) is 8.42 Å². The van der Waals surface area contributed by atoms with E-state index >= 15 is 0 Å². The number of nitrogens with two attached hydrogens (primary N) is 1. The fourth-order valence-corrected chi connectivity index (χ4v) is 3.16. The fraction of sp³-hybridized carbons (Fsp3) is 0.294. The number of hydrogen-bond acceptors (Lipinski definition) is 5. The molecule has 0 spiro atoms. The first kappa shape index (κ1) is 21.6. The largest absolute Gasteiger partial charge is 0.394 e. The number of aromatic nitrogens is 2. The monoisotopic (exact) mass is 416 g/mol. The summed E-state index contributed by atoms with van der Waals surface area (Å²) < 4.78 is 61.9. The molecule has 0 aromatic carbocycles. The van der Waals surface area contributed by atoms with Crippen LogP contribution >= 0.6 is 0 Å². The van der Waals surface area contributed by atoms with Crippen molar-refractivity contribution in [2.45, 2.75) is 30.5 Å². The lowest BCUT2D eigenvalue weighted by atomic mass is 10.1. The summed E-state index contributed by atoms with van der Waals surface area (Å²) in [6.45, 7) is 1.68. The van der Waals surface area contributed by atoms with Gasteiger partial charge in [0.1, 0.15) is 5.69 Å². The van der Waals surface area contributed by atoms with Crippen LogP contribution in [0.5, 0.6) is 0 Å². The maximum absolute atomic E-state index is 12.7. The van der Waals surface area contributed by atoms with Crippen LogP contribution in [0.4, 0.5) is 18.9 Å². The number of halogens is 3. The molecular weight excluding hydrogens is 397 g/mol. The number of aryl methyl sites for hydroxylation is 1. The summed E-state index contributed by atoms with van der Waals surface area (Å²) in [5, 5.41) is 2.48. The van der Waals surface area contributed by atoms with Crippen LogP contribution in [0.3, 0.4) is 0 Å². The smallest absolute Gasteiger partial charge is 0.345 e. The zero-order chi connectivity index (χ0) is 21.1. The van der Waals surface area contributed by atoms with Gasteiger partial charge in [-0.05, 0) is 19.1 Å². The summed E-state index contributed by atoms with van der Waals surface area (Å²) in [5.41, 5.74) is 5.68. The second-order valence-corrected chi connectivity index (χ2v) is 7.14. The first-order chi connectivity index (χ1) is 13.0. The molecule has 2 rings (SSSR count). The molecule has 1 amide bonds. The van der Waals surface area contributed by atoms with Crippen molar-refractivity contribution in [2.24, 2.45) is 12.8 Å². The summed E-state index contributed by atoms with van der Waals surface area (Å²) in [5.74, 6) is -0.681. The molecular formula is C17H19F3N4O3S. The van der Waals surface area contributed by atoms with Crippen molar-refractivity contribution < 1.29 is 26.4 Å². The van der Waals surface area contributed by atoms with Crippen molar-refractivity contribution >= 4 is 28.4 Å². The van der Waals surface area contributed by atoms with Gasteiger partial charge in [0.2, 0.25) is 0 Å². The molecule has 0 saturated carbocycles. The van der Waals surface area contributed by atoms with Crippen LogP contribution in [0, 0.1) is 0 Å². The molecule has 0 aliphatic rings. The minimum Gasteiger partial charge on any atom is -0.345 e. The highest BCUT2D eigenvalue weighted by Gasteiger charge is 2.28. The van der Waals surface area contributed by atoms with E-state index in [4.69, 9.17) is 5.73 Å². The van der Waals surface area contributed by atoms with Crippen molar-refractivity contribution in [1.29, 1.82) is 0 Å². The number of nitrogens with one attached hydrogen (secondary N) is 1. The molecule has 1 atom stereocenters. The number of anilines is 1. The zero-order valence-corrected chi connectivity index (χ0v) is 15.9. The summed E-state index contributed by atoms with van der Waals surface area (Å²) in [7, 11) is -1.49. The average molecular weight is 416 g/mol. The quantitative estimate of drug-likeness (QED) is 0.626. The second kappa shape index (κ2) is 8.57. The summed E-state index contributed by atoms with van der Waals surface area (Å²) in [6.07, 6.45) is -0.269. The number of amides is 1. The molecule has 0 radical (unpaired) electrons. The van der Waals surface area contributed by atoms with Gasteiger partial charge in [0.05, 0.1) is 17.0 Å². The molecule has 2 heterocycles. The molecule has 152 valence electrons. The van der Waals surface area contributed by atoms with E-state index < -0.39 is 29.2 Å². The highest BCUT2D eigenvalue weighted by molar-refractivity contribution is 7.72. The van der Waals surface area contributed by atoms with Crippen molar-refractivity contribution in [3.63, 3.8) is 0 Å². The SMILES string of the molecule is C[C@H](N)/C=C\c1c([SH](=O)=O)cn(C)c1C(=O)Nc1ccnc(CC(F)(F)F)c1. The van der Waals surface area contributed by atoms with Crippen LogP contribution in [-0.2, 0) is 24.2 Å². The van der Waals surface area contributed by atoms with Crippen molar-refractivity contribution in [1.82, 2.24) is 9.55 Å². The lowest BCUT2D eigenvalue weighted by Gasteiger charge is -2.10. The van der Waals surface area contributed by atoms with E-state index in [0.717, 1.165) is 12.3 Å². The van der Waals surface area contributed by atoms with E-state index in [-0.39, 0.29) is 33.6 Å². The van der Waals surface area contributed by atoms with E-state index in [2.05, 4.69) is 10.3 Å². The third-order valence-electron chi connectivity index (χ3n) is 3.63. The van der Waals surface area contributed by atoms with Gasteiger partial charge in [-0.1, -0.05) is 12.2 Å². The van der Waals surface area contributed by atoms with Gasteiger partial charge >= 0.3 is 6.18 Å². The maximum atomic E-state index is 12.7. The Morgan fingerprint density at radius 2 is 2.11 bits per heavy atom. The van der Waals surface area contributed by atoms with Crippen LogP contribution in [0.25, 0.3) is 6.08 Å². The van der Waals surface area contributed by atoms with Gasteiger partial charge in [-0.2, -0.15) is 13.2 Å². The molecule has 2 aromatic rings. The normalized spacial score (nSPS) is 13.2. The Morgan fingerprint density at radius 3 is 2.68 bits per heavy atom. The van der Waals surface area contributed by atoms with Crippen LogP contribution < -0.4 is 11.1 Å². The molecule has 28 heavy (non-hydrogen) atoms. The fourth-order valence-electron chi connectivity index (χ4n) is 2.52. The van der Waals surface area contributed by atoms with E-state index in [0.29, 0.717) is 0 Å². The minimum absolute atomic E-state index is 0.0280. The molecule has 0 aliphatic carbocycles. The lowest BCUT2D eigenvalue weighted by molar-refractivity contribution is -0.127. The van der Waals surface area contributed by atoms with E-state index in [1.54, 1.807) is 6.92 Å². The van der Waals surface area contributed by atoms with Crippen molar-refractivity contribution in [3.05, 3.63) is 47.6 Å². The van der Waals surface area contributed by atoms with E-state index in [9.17, 15) is 26.4 Å². The number of rotatable bonds is 6.